The molecule has 0 aromatic carbocycles. The van der Waals surface area contributed by atoms with Crippen molar-refractivity contribution in [2.24, 2.45) is 5.41 Å². The van der Waals surface area contributed by atoms with E-state index in [1.54, 1.807) is 0 Å². The summed E-state index contributed by atoms with van der Waals surface area (Å²) in [6.07, 6.45) is -0.969. The monoisotopic (exact) mass is 432 g/mol. The van der Waals surface area contributed by atoms with E-state index in [-0.39, 0.29) is 32.4 Å². The third-order valence-electron chi connectivity index (χ3n) is 2.32. The predicted octanol–water partition coefficient (Wildman–Crippen LogP) is 2.44. The summed E-state index contributed by atoms with van der Waals surface area (Å²) in [6.45, 7) is 1.49. The van der Waals surface area contributed by atoms with Crippen LogP contribution in [-0.4, -0.2) is 31.1 Å². The Morgan fingerprint density at radius 3 is 1.13 bits per heavy atom. The Bertz CT molecular complexity index is 471. The van der Waals surface area contributed by atoms with Gasteiger partial charge in [-0.2, -0.15) is 0 Å². The van der Waals surface area contributed by atoms with Gasteiger partial charge < -0.3 is 14.2 Å². The van der Waals surface area contributed by atoms with Crippen molar-refractivity contribution in [1.29, 1.82) is 0 Å². The Kier molecular flexibility index (Phi) is 10.4. The van der Waals surface area contributed by atoms with Crippen molar-refractivity contribution < 1.29 is 28.6 Å². The predicted molar refractivity (Wildman–Crippen MR) is 105 cm³/mol. The zero-order valence-corrected chi connectivity index (χ0v) is 16.8. The maximum absolute atomic E-state index is 11.7. The average molecular weight is 433 g/mol. The highest BCUT2D eigenvalue weighted by Crippen LogP contribution is 2.32. The number of thiol groups is 3. The smallest absolute Gasteiger partial charge is 0.312 e. The minimum absolute atomic E-state index is 0.282. The van der Waals surface area contributed by atoms with Gasteiger partial charge in [-0.05, 0) is 42.1 Å². The zero-order valence-electron chi connectivity index (χ0n) is 11.6. The number of rotatable bonds is 6. The van der Waals surface area contributed by atoms with Crippen molar-refractivity contribution in [3.8, 4) is 0 Å². The first-order valence-electron chi connectivity index (χ1n) is 5.74. The Morgan fingerprint density at radius 2 is 0.957 bits per heavy atom. The molecule has 0 radical (unpaired) electrons. The van der Waals surface area contributed by atoms with E-state index in [2.05, 4.69) is 88.8 Å². The number of esters is 3. The molecule has 0 fully saturated rings. The van der Waals surface area contributed by atoms with Crippen LogP contribution in [0.4, 0.5) is 0 Å². The second-order valence-corrected chi connectivity index (χ2v) is 7.80. The van der Waals surface area contributed by atoms with E-state index in [1.165, 1.54) is 6.92 Å². The van der Waals surface area contributed by atoms with Crippen molar-refractivity contribution >= 4 is 106 Å². The molecule has 0 rings (SSSR count). The quantitative estimate of drug-likeness (QED) is 0.254. The normalized spacial score (nSPS) is 10.4. The highest BCUT2D eigenvalue weighted by molar-refractivity contribution is 8.11. The molecule has 0 bridgehead atoms. The summed E-state index contributed by atoms with van der Waals surface area (Å²) in [6, 6.07) is 0. The lowest BCUT2D eigenvalue weighted by molar-refractivity contribution is -0.144. The maximum Gasteiger partial charge on any atom is 0.312 e. The van der Waals surface area contributed by atoms with E-state index in [0.717, 1.165) is 0 Å². The first kappa shape index (κ1) is 22.7. The summed E-state index contributed by atoms with van der Waals surface area (Å²) in [7, 11) is 0. The largest absolute Gasteiger partial charge is 0.409 e. The van der Waals surface area contributed by atoms with Gasteiger partial charge in [0.1, 0.15) is 0 Å². The molecule has 0 spiro atoms. The van der Waals surface area contributed by atoms with Crippen LogP contribution < -0.4 is 0 Å². The van der Waals surface area contributed by atoms with Crippen LogP contribution in [0.25, 0.3) is 0 Å². The molecule has 23 heavy (non-hydrogen) atoms. The van der Waals surface area contributed by atoms with Crippen LogP contribution in [0.2, 0.25) is 0 Å². The molecular formula is C11H12O6S6. The molecule has 6 nitrogen and oxygen atoms in total. The minimum atomic E-state index is -1.18. The number of thiocarbonyl (C=S) groups is 3. The zero-order chi connectivity index (χ0) is 18.2. The average Bonchev–Trinajstić information content (AvgIpc) is 2.22. The van der Waals surface area contributed by atoms with Crippen molar-refractivity contribution in [2.75, 3.05) is 0 Å². The fourth-order valence-corrected chi connectivity index (χ4v) is 2.22. The topological polar surface area (TPSA) is 78.9 Å². The third-order valence-corrected chi connectivity index (χ3v) is 2.84. The number of hydrogen-bond donors (Lipinski definition) is 3. The Labute approximate surface area is 165 Å². The second-order valence-electron chi connectivity index (χ2n) is 4.56. The molecule has 0 aliphatic carbocycles. The van der Waals surface area contributed by atoms with Crippen LogP contribution in [-0.2, 0) is 28.6 Å². The third kappa shape index (κ3) is 11.8. The molecular weight excluding hydrogens is 421 g/mol. The standard InChI is InChI=1S/C11H12O6S6/c1-11(2-5(12)15-8(18)19,3-6(13)16-9(20)21)4-7(14)17-10(22)23/h2-4H2,1H3,(H,18,19)(H,20,21)(H,22,23). The van der Waals surface area contributed by atoms with E-state index in [9.17, 15) is 14.4 Å². The van der Waals surface area contributed by atoms with Gasteiger partial charge >= 0.3 is 17.9 Å². The lowest BCUT2D eigenvalue weighted by Gasteiger charge is -2.26. The van der Waals surface area contributed by atoms with E-state index in [0.29, 0.717) is 0 Å². The molecule has 0 atom stereocenters. The van der Waals surface area contributed by atoms with Crippen LogP contribution >= 0.6 is 74.5 Å². The van der Waals surface area contributed by atoms with Crippen molar-refractivity contribution in [2.45, 2.75) is 26.2 Å². The lowest BCUT2D eigenvalue weighted by Crippen LogP contribution is -2.30. The van der Waals surface area contributed by atoms with Gasteiger partial charge in [-0.25, -0.2) is 0 Å². The fourth-order valence-electron chi connectivity index (χ4n) is 1.63. The van der Waals surface area contributed by atoms with E-state index >= 15 is 0 Å². The van der Waals surface area contributed by atoms with Crippen LogP contribution in [0.15, 0.2) is 0 Å². The Balaban J connectivity index is 5.08. The van der Waals surface area contributed by atoms with E-state index in [1.807, 2.05) is 0 Å². The molecule has 0 unspecified atom stereocenters. The van der Waals surface area contributed by atoms with Gasteiger partial charge in [0.25, 0.3) is 0 Å². The number of hydrogen-bond acceptors (Lipinski definition) is 9. The molecule has 0 heterocycles. The van der Waals surface area contributed by atoms with Gasteiger partial charge in [-0.3, -0.25) is 14.4 Å². The number of carbonyl (C=O) groups excluding carboxylic acids is 3. The van der Waals surface area contributed by atoms with Gasteiger partial charge in [0.15, 0.2) is 0 Å². The van der Waals surface area contributed by atoms with Crippen molar-refractivity contribution in [3.63, 3.8) is 0 Å². The summed E-state index contributed by atoms with van der Waals surface area (Å²) in [5, 5.41) is 0. The summed E-state index contributed by atoms with van der Waals surface area (Å²) in [5.74, 6) is -2.31. The summed E-state index contributed by atoms with van der Waals surface area (Å²) < 4.78 is 13.1. The molecule has 0 N–H and O–H groups in total. The Morgan fingerprint density at radius 1 is 0.739 bits per heavy atom. The molecule has 128 valence electrons. The van der Waals surface area contributed by atoms with Gasteiger partial charge in [0.2, 0.25) is 13.1 Å². The highest BCUT2D eigenvalue weighted by atomic mass is 32.1. The van der Waals surface area contributed by atoms with Crippen LogP contribution in [0.5, 0.6) is 0 Å². The molecule has 0 aliphatic rings. The van der Waals surface area contributed by atoms with Gasteiger partial charge in [-0.15, -0.1) is 0 Å². The first-order valence-corrected chi connectivity index (χ1v) is 8.31. The van der Waals surface area contributed by atoms with Gasteiger partial charge in [0.05, 0.1) is 19.3 Å². The Hall–Kier alpha value is -0.270. The summed E-state index contributed by atoms with van der Waals surface area (Å²) >= 11 is 24.6. The van der Waals surface area contributed by atoms with Gasteiger partial charge in [-0.1, -0.05) is 44.8 Å². The van der Waals surface area contributed by atoms with Crippen molar-refractivity contribution in [1.82, 2.24) is 0 Å². The summed E-state index contributed by atoms with van der Waals surface area (Å²) in [4.78, 5) is 35.2. The lowest BCUT2D eigenvalue weighted by atomic mass is 9.80. The van der Waals surface area contributed by atoms with Crippen LogP contribution in [0, 0.1) is 5.41 Å². The molecule has 0 saturated carbocycles. The fraction of sp³-hybridized carbons (Fsp3) is 0.455. The SMILES string of the molecule is CC(CC(=O)OC(=S)S)(CC(=O)OC(=S)S)CC(=O)OC(=S)S. The summed E-state index contributed by atoms with van der Waals surface area (Å²) in [5.41, 5.74) is -1.18. The molecule has 0 aromatic rings. The van der Waals surface area contributed by atoms with Crippen LogP contribution in [0.3, 0.4) is 0 Å². The number of ether oxygens (including phenoxy) is 3. The first-order chi connectivity index (χ1) is 10.4. The van der Waals surface area contributed by atoms with Crippen molar-refractivity contribution in [3.05, 3.63) is 0 Å². The van der Waals surface area contributed by atoms with Gasteiger partial charge in [0, 0.05) is 0 Å². The van der Waals surface area contributed by atoms with E-state index < -0.39 is 23.3 Å². The second kappa shape index (κ2) is 10.6. The number of carbonyl (C=O) groups is 3. The minimum Gasteiger partial charge on any atom is -0.409 e. The van der Waals surface area contributed by atoms with Crippen LogP contribution in [0.1, 0.15) is 26.2 Å². The highest BCUT2D eigenvalue weighted by Gasteiger charge is 2.35. The maximum atomic E-state index is 11.7. The molecule has 0 aliphatic heterocycles. The molecule has 0 amide bonds. The molecule has 0 aromatic heterocycles. The molecule has 12 heteroatoms. The van der Waals surface area contributed by atoms with E-state index in [4.69, 9.17) is 0 Å². The molecule has 0 saturated heterocycles.